The SMILES string of the molecule is CCCN(CCC)C(=O)Cc1cccc2[nH]ccc12. The summed E-state index contributed by atoms with van der Waals surface area (Å²) in [7, 11) is 0. The quantitative estimate of drug-likeness (QED) is 0.847. The van der Waals surface area contributed by atoms with E-state index in [4.69, 9.17) is 0 Å². The first kappa shape index (κ1) is 13.7. The highest BCUT2D eigenvalue weighted by Gasteiger charge is 2.13. The largest absolute Gasteiger partial charge is 0.361 e. The van der Waals surface area contributed by atoms with Crippen molar-refractivity contribution >= 4 is 16.8 Å². The van der Waals surface area contributed by atoms with Crippen LogP contribution in [0.4, 0.5) is 0 Å². The van der Waals surface area contributed by atoms with Crippen molar-refractivity contribution in [3.63, 3.8) is 0 Å². The zero-order valence-corrected chi connectivity index (χ0v) is 11.8. The molecular formula is C16H22N2O. The van der Waals surface area contributed by atoms with Gasteiger partial charge in [0.2, 0.25) is 5.91 Å². The molecule has 0 saturated carbocycles. The van der Waals surface area contributed by atoms with Crippen LogP contribution in [0.25, 0.3) is 10.9 Å². The van der Waals surface area contributed by atoms with E-state index < -0.39 is 0 Å². The summed E-state index contributed by atoms with van der Waals surface area (Å²) in [6.07, 6.45) is 4.45. The number of benzene rings is 1. The number of hydrogen-bond acceptors (Lipinski definition) is 1. The first-order chi connectivity index (χ1) is 9.26. The third kappa shape index (κ3) is 3.16. The molecule has 1 aromatic carbocycles. The highest BCUT2D eigenvalue weighted by Crippen LogP contribution is 2.18. The van der Waals surface area contributed by atoms with Crippen LogP contribution < -0.4 is 0 Å². The number of H-pyrrole nitrogens is 1. The van der Waals surface area contributed by atoms with Crippen LogP contribution in [-0.2, 0) is 11.2 Å². The number of carbonyl (C=O) groups is 1. The van der Waals surface area contributed by atoms with E-state index in [2.05, 4.69) is 18.8 Å². The van der Waals surface area contributed by atoms with Crippen molar-refractivity contribution in [2.45, 2.75) is 33.1 Å². The molecule has 0 saturated heterocycles. The predicted octanol–water partition coefficient (Wildman–Crippen LogP) is 3.36. The maximum atomic E-state index is 12.4. The van der Waals surface area contributed by atoms with Gasteiger partial charge in [0, 0.05) is 30.2 Å². The third-order valence-corrected chi connectivity index (χ3v) is 3.37. The van der Waals surface area contributed by atoms with E-state index in [1.165, 1.54) is 0 Å². The van der Waals surface area contributed by atoms with Crippen molar-refractivity contribution in [2.24, 2.45) is 0 Å². The lowest BCUT2D eigenvalue weighted by molar-refractivity contribution is -0.130. The van der Waals surface area contributed by atoms with E-state index in [9.17, 15) is 4.79 Å². The summed E-state index contributed by atoms with van der Waals surface area (Å²) in [5.41, 5.74) is 2.21. The van der Waals surface area contributed by atoms with Crippen molar-refractivity contribution in [3.8, 4) is 0 Å². The fraction of sp³-hybridized carbons (Fsp3) is 0.438. The molecule has 19 heavy (non-hydrogen) atoms. The molecule has 2 aromatic rings. The second-order valence-corrected chi connectivity index (χ2v) is 4.91. The van der Waals surface area contributed by atoms with Gasteiger partial charge in [-0.1, -0.05) is 26.0 Å². The van der Waals surface area contributed by atoms with Crippen LogP contribution in [0, 0.1) is 0 Å². The molecule has 0 aliphatic carbocycles. The van der Waals surface area contributed by atoms with Gasteiger partial charge in [-0.2, -0.15) is 0 Å². The van der Waals surface area contributed by atoms with Gasteiger partial charge in [0.15, 0.2) is 0 Å². The van der Waals surface area contributed by atoms with Crippen LogP contribution in [0.3, 0.4) is 0 Å². The Kier molecular flexibility index (Phi) is 4.61. The molecular weight excluding hydrogens is 236 g/mol. The maximum Gasteiger partial charge on any atom is 0.227 e. The minimum atomic E-state index is 0.234. The molecule has 0 bridgehead atoms. The Morgan fingerprint density at radius 3 is 2.58 bits per heavy atom. The Morgan fingerprint density at radius 2 is 1.89 bits per heavy atom. The van der Waals surface area contributed by atoms with Crippen LogP contribution in [0.2, 0.25) is 0 Å². The Hall–Kier alpha value is -1.77. The number of nitrogens with zero attached hydrogens (tertiary/aromatic N) is 1. The molecule has 0 unspecified atom stereocenters. The summed E-state index contributed by atoms with van der Waals surface area (Å²) in [4.78, 5) is 17.5. The van der Waals surface area contributed by atoms with Gasteiger partial charge in [0.05, 0.1) is 6.42 Å². The van der Waals surface area contributed by atoms with E-state index in [1.54, 1.807) is 0 Å². The minimum Gasteiger partial charge on any atom is -0.361 e. The lowest BCUT2D eigenvalue weighted by Gasteiger charge is -2.21. The van der Waals surface area contributed by atoms with Gasteiger partial charge in [-0.05, 0) is 30.5 Å². The van der Waals surface area contributed by atoms with Gasteiger partial charge < -0.3 is 9.88 Å². The van der Waals surface area contributed by atoms with Gasteiger partial charge in [-0.15, -0.1) is 0 Å². The summed E-state index contributed by atoms with van der Waals surface area (Å²) in [5.74, 6) is 0.234. The summed E-state index contributed by atoms with van der Waals surface area (Å²) >= 11 is 0. The second kappa shape index (κ2) is 6.41. The Bertz CT molecular complexity index is 538. The molecule has 0 spiro atoms. The number of aromatic nitrogens is 1. The Labute approximate surface area is 114 Å². The normalized spacial score (nSPS) is 10.8. The van der Waals surface area contributed by atoms with Crippen molar-refractivity contribution in [3.05, 3.63) is 36.0 Å². The minimum absolute atomic E-state index is 0.234. The number of fused-ring (bicyclic) bond motifs is 1. The summed E-state index contributed by atoms with van der Waals surface area (Å²) < 4.78 is 0. The molecule has 1 aromatic heterocycles. The predicted molar refractivity (Wildman–Crippen MR) is 79.2 cm³/mol. The zero-order chi connectivity index (χ0) is 13.7. The molecule has 0 aliphatic heterocycles. The molecule has 3 nitrogen and oxygen atoms in total. The van der Waals surface area contributed by atoms with Gasteiger partial charge >= 0.3 is 0 Å². The Morgan fingerprint density at radius 1 is 1.16 bits per heavy atom. The average Bonchev–Trinajstić information content (AvgIpc) is 2.88. The molecule has 1 heterocycles. The first-order valence-corrected chi connectivity index (χ1v) is 7.09. The van der Waals surface area contributed by atoms with Gasteiger partial charge in [-0.3, -0.25) is 4.79 Å². The summed E-state index contributed by atoms with van der Waals surface area (Å²) in [6, 6.07) is 8.14. The molecule has 3 heteroatoms. The van der Waals surface area contributed by atoms with E-state index in [1.807, 2.05) is 35.4 Å². The average molecular weight is 258 g/mol. The molecule has 2 rings (SSSR count). The van der Waals surface area contributed by atoms with Gasteiger partial charge in [-0.25, -0.2) is 0 Å². The lowest BCUT2D eigenvalue weighted by atomic mass is 10.1. The number of hydrogen-bond donors (Lipinski definition) is 1. The second-order valence-electron chi connectivity index (χ2n) is 4.91. The molecule has 1 amide bonds. The topological polar surface area (TPSA) is 36.1 Å². The number of aromatic amines is 1. The number of nitrogens with one attached hydrogen (secondary N) is 1. The Balaban J connectivity index is 2.15. The van der Waals surface area contributed by atoms with Crippen LogP contribution >= 0.6 is 0 Å². The molecule has 0 radical (unpaired) electrons. The smallest absolute Gasteiger partial charge is 0.227 e. The number of amides is 1. The lowest BCUT2D eigenvalue weighted by Crippen LogP contribution is -2.33. The fourth-order valence-corrected chi connectivity index (χ4v) is 2.48. The van der Waals surface area contributed by atoms with Crippen molar-refractivity contribution in [1.82, 2.24) is 9.88 Å². The molecule has 0 fully saturated rings. The summed E-state index contributed by atoms with van der Waals surface area (Å²) in [5, 5.41) is 1.16. The molecule has 0 atom stereocenters. The van der Waals surface area contributed by atoms with Gasteiger partial charge in [0.1, 0.15) is 0 Å². The van der Waals surface area contributed by atoms with E-state index in [-0.39, 0.29) is 5.91 Å². The van der Waals surface area contributed by atoms with Crippen molar-refractivity contribution in [2.75, 3.05) is 13.1 Å². The summed E-state index contributed by atoms with van der Waals surface area (Å²) in [6.45, 7) is 5.94. The van der Waals surface area contributed by atoms with Crippen molar-refractivity contribution in [1.29, 1.82) is 0 Å². The molecule has 0 aliphatic rings. The number of rotatable bonds is 6. The standard InChI is InChI=1S/C16H22N2O/c1-3-10-18(11-4-2)16(19)12-13-6-5-7-15-14(13)8-9-17-15/h5-9,17H,3-4,10-12H2,1-2H3. The molecule has 102 valence electrons. The van der Waals surface area contributed by atoms with Crippen LogP contribution in [0.15, 0.2) is 30.5 Å². The van der Waals surface area contributed by atoms with E-state index in [0.29, 0.717) is 6.42 Å². The van der Waals surface area contributed by atoms with Crippen LogP contribution in [0.5, 0.6) is 0 Å². The van der Waals surface area contributed by atoms with Gasteiger partial charge in [0.25, 0.3) is 0 Å². The third-order valence-electron chi connectivity index (χ3n) is 3.37. The van der Waals surface area contributed by atoms with Crippen molar-refractivity contribution < 1.29 is 4.79 Å². The molecule has 1 N–H and O–H groups in total. The number of carbonyl (C=O) groups excluding carboxylic acids is 1. The maximum absolute atomic E-state index is 12.4. The van der Waals surface area contributed by atoms with Crippen LogP contribution in [0.1, 0.15) is 32.3 Å². The fourth-order valence-electron chi connectivity index (χ4n) is 2.48. The highest BCUT2D eigenvalue weighted by molar-refractivity contribution is 5.88. The highest BCUT2D eigenvalue weighted by atomic mass is 16.2. The van der Waals surface area contributed by atoms with E-state index >= 15 is 0 Å². The zero-order valence-electron chi connectivity index (χ0n) is 11.8. The van der Waals surface area contributed by atoms with Crippen LogP contribution in [-0.4, -0.2) is 28.9 Å². The monoisotopic (exact) mass is 258 g/mol. The first-order valence-electron chi connectivity index (χ1n) is 7.09. The van der Waals surface area contributed by atoms with E-state index in [0.717, 1.165) is 42.4 Å².